The van der Waals surface area contributed by atoms with Gasteiger partial charge in [-0.25, -0.2) is 4.79 Å². The molecule has 0 amide bonds. The molecule has 0 aliphatic heterocycles. The largest absolute Gasteiger partial charge is 0.492 e. The van der Waals surface area contributed by atoms with Crippen molar-refractivity contribution in [3.8, 4) is 17.8 Å². The number of hydrogen-bond acceptors (Lipinski definition) is 7. The molecule has 1 unspecified atom stereocenters. The molecule has 2 rings (SSSR count). The van der Waals surface area contributed by atoms with E-state index in [0.717, 1.165) is 42.5 Å². The van der Waals surface area contributed by atoms with E-state index in [1.807, 2.05) is 0 Å². The van der Waals surface area contributed by atoms with Gasteiger partial charge in [0.1, 0.15) is 6.07 Å². The SMILES string of the molecule is N#CC(F)(N=O)c1ccc(C(=O)On2c(O)ccc2O)cc1. The summed E-state index contributed by atoms with van der Waals surface area (Å²) in [5.41, 5.74) is -0.407. The molecule has 1 aromatic heterocycles. The third-order valence-corrected chi connectivity index (χ3v) is 2.75. The van der Waals surface area contributed by atoms with Crippen molar-refractivity contribution in [2.75, 3.05) is 0 Å². The van der Waals surface area contributed by atoms with Crippen LogP contribution in [0.1, 0.15) is 15.9 Å². The van der Waals surface area contributed by atoms with Crippen LogP contribution in [0.2, 0.25) is 0 Å². The van der Waals surface area contributed by atoms with E-state index < -0.39 is 23.5 Å². The summed E-state index contributed by atoms with van der Waals surface area (Å²) in [6.45, 7) is 0. The Hall–Kier alpha value is -3.41. The highest BCUT2D eigenvalue weighted by molar-refractivity contribution is 5.89. The molecule has 0 radical (unpaired) electrons. The Morgan fingerprint density at radius 2 is 1.77 bits per heavy atom. The van der Waals surface area contributed by atoms with Crippen LogP contribution in [0.15, 0.2) is 41.6 Å². The van der Waals surface area contributed by atoms with Crippen LogP contribution in [0.25, 0.3) is 0 Å². The van der Waals surface area contributed by atoms with Crippen LogP contribution < -0.4 is 4.84 Å². The first-order valence-electron chi connectivity index (χ1n) is 5.79. The fraction of sp³-hybridized carbons (Fsp3) is 0.0769. The van der Waals surface area contributed by atoms with Crippen LogP contribution in [0.3, 0.4) is 0 Å². The second-order valence-electron chi connectivity index (χ2n) is 4.13. The van der Waals surface area contributed by atoms with Crippen LogP contribution in [0, 0.1) is 16.2 Å². The molecular formula is C13H8FN3O5. The quantitative estimate of drug-likeness (QED) is 0.652. The standard InChI is InChI=1S/C13H8FN3O5/c14-13(7-15,16-21)9-3-1-8(2-4-9)12(20)22-17-10(18)5-6-11(17)19/h1-6,18-19H. The molecule has 0 aliphatic rings. The molecule has 1 heterocycles. The number of aromatic nitrogens is 1. The molecule has 0 saturated heterocycles. The van der Waals surface area contributed by atoms with Gasteiger partial charge in [0.15, 0.2) is 0 Å². The van der Waals surface area contributed by atoms with E-state index in [4.69, 9.17) is 10.1 Å². The summed E-state index contributed by atoms with van der Waals surface area (Å²) in [6.07, 6.45) is 0. The Morgan fingerprint density at radius 3 is 2.23 bits per heavy atom. The minimum Gasteiger partial charge on any atom is -0.492 e. The predicted molar refractivity (Wildman–Crippen MR) is 69.3 cm³/mol. The lowest BCUT2D eigenvalue weighted by atomic mass is 10.0. The molecular weight excluding hydrogens is 297 g/mol. The fourth-order valence-electron chi connectivity index (χ4n) is 1.60. The minimum atomic E-state index is -3.04. The van der Waals surface area contributed by atoms with Crippen LogP contribution in [-0.2, 0) is 5.79 Å². The molecule has 0 aliphatic carbocycles. The number of carbonyl (C=O) groups excluding carboxylic acids is 1. The Balaban J connectivity index is 2.23. The second kappa shape index (κ2) is 5.53. The number of nitroso groups, excluding NO2 is 1. The number of rotatable bonds is 4. The van der Waals surface area contributed by atoms with Gasteiger partial charge >= 0.3 is 11.8 Å². The topological polar surface area (TPSA) is 125 Å². The number of nitrogens with zero attached hydrogens (tertiary/aromatic N) is 3. The van der Waals surface area contributed by atoms with Crippen molar-refractivity contribution < 1.29 is 24.2 Å². The van der Waals surface area contributed by atoms with Gasteiger partial charge in [-0.05, 0) is 17.3 Å². The smallest absolute Gasteiger partial charge is 0.363 e. The first-order valence-corrected chi connectivity index (χ1v) is 5.79. The molecule has 1 aromatic carbocycles. The second-order valence-corrected chi connectivity index (χ2v) is 4.13. The van der Waals surface area contributed by atoms with Gasteiger partial charge in [0, 0.05) is 17.7 Å². The van der Waals surface area contributed by atoms with Crippen molar-refractivity contribution in [2.24, 2.45) is 5.18 Å². The molecule has 9 heteroatoms. The van der Waals surface area contributed by atoms with Crippen LogP contribution in [0.4, 0.5) is 4.39 Å². The Bertz CT molecular complexity index is 745. The van der Waals surface area contributed by atoms with Crippen LogP contribution in [0.5, 0.6) is 11.8 Å². The average Bonchev–Trinajstić information content (AvgIpc) is 2.86. The minimum absolute atomic E-state index is 0.0672. The normalized spacial score (nSPS) is 12.9. The molecule has 0 saturated carbocycles. The van der Waals surface area contributed by atoms with E-state index in [1.54, 1.807) is 0 Å². The van der Waals surface area contributed by atoms with Gasteiger partial charge in [-0.1, -0.05) is 12.1 Å². The summed E-state index contributed by atoms with van der Waals surface area (Å²) in [7, 11) is 0. The number of alkyl halides is 1. The Labute approximate surface area is 122 Å². The fourth-order valence-corrected chi connectivity index (χ4v) is 1.60. The Kier molecular flexibility index (Phi) is 3.77. The third-order valence-electron chi connectivity index (χ3n) is 2.75. The summed E-state index contributed by atoms with van der Waals surface area (Å²) >= 11 is 0. The molecule has 8 nitrogen and oxygen atoms in total. The highest BCUT2D eigenvalue weighted by Gasteiger charge is 2.33. The molecule has 22 heavy (non-hydrogen) atoms. The maximum Gasteiger partial charge on any atom is 0.363 e. The molecule has 0 bridgehead atoms. The molecule has 2 N–H and O–H groups in total. The zero-order chi connectivity index (χ0) is 16.3. The highest BCUT2D eigenvalue weighted by Crippen LogP contribution is 2.27. The molecule has 0 fully saturated rings. The predicted octanol–water partition coefficient (Wildman–Crippen LogP) is 1.58. The van der Waals surface area contributed by atoms with Crippen molar-refractivity contribution in [2.45, 2.75) is 5.79 Å². The third kappa shape index (κ3) is 2.57. The van der Waals surface area contributed by atoms with Gasteiger partial charge in [-0.2, -0.15) is 9.65 Å². The first kappa shape index (κ1) is 15.0. The molecule has 2 aromatic rings. The van der Waals surface area contributed by atoms with Crippen LogP contribution in [-0.4, -0.2) is 20.9 Å². The maximum atomic E-state index is 13.7. The number of hydrogen-bond donors (Lipinski definition) is 2. The van der Waals surface area contributed by atoms with Gasteiger partial charge < -0.3 is 15.1 Å². The van der Waals surface area contributed by atoms with Gasteiger partial charge in [-0.3, -0.25) is 0 Å². The molecule has 112 valence electrons. The lowest BCUT2D eigenvalue weighted by molar-refractivity contribution is 0.0381. The van der Waals surface area contributed by atoms with Gasteiger partial charge in [0.25, 0.3) is 0 Å². The van der Waals surface area contributed by atoms with Crippen LogP contribution >= 0.6 is 0 Å². The van der Waals surface area contributed by atoms with E-state index in [-0.39, 0.29) is 11.1 Å². The Morgan fingerprint density at radius 1 is 1.23 bits per heavy atom. The van der Waals surface area contributed by atoms with Gasteiger partial charge in [-0.15, -0.1) is 9.64 Å². The lowest BCUT2D eigenvalue weighted by Crippen LogP contribution is -2.19. The summed E-state index contributed by atoms with van der Waals surface area (Å²) < 4.78 is 14.2. The summed E-state index contributed by atoms with van der Waals surface area (Å²) in [5.74, 6) is -5.01. The first-order chi connectivity index (χ1) is 10.4. The summed E-state index contributed by atoms with van der Waals surface area (Å²) in [5, 5.41) is 29.4. The maximum absolute atomic E-state index is 13.7. The molecule has 0 spiro atoms. The summed E-state index contributed by atoms with van der Waals surface area (Å²) in [4.78, 5) is 26.9. The lowest BCUT2D eigenvalue weighted by Gasteiger charge is -2.10. The zero-order valence-electron chi connectivity index (χ0n) is 10.8. The average molecular weight is 305 g/mol. The van der Waals surface area contributed by atoms with E-state index in [9.17, 15) is 24.3 Å². The van der Waals surface area contributed by atoms with Crippen molar-refractivity contribution in [3.05, 3.63) is 52.4 Å². The van der Waals surface area contributed by atoms with E-state index in [1.165, 1.54) is 0 Å². The number of benzene rings is 1. The zero-order valence-corrected chi connectivity index (χ0v) is 10.8. The number of carbonyl (C=O) groups is 1. The van der Waals surface area contributed by atoms with Crippen molar-refractivity contribution in [1.29, 1.82) is 5.26 Å². The van der Waals surface area contributed by atoms with Crippen molar-refractivity contribution >= 4 is 5.97 Å². The van der Waals surface area contributed by atoms with Crippen molar-refractivity contribution in [3.63, 3.8) is 0 Å². The van der Waals surface area contributed by atoms with E-state index in [0.29, 0.717) is 4.73 Å². The number of aromatic hydroxyl groups is 2. The van der Waals surface area contributed by atoms with Gasteiger partial charge in [0.05, 0.1) is 5.56 Å². The number of nitriles is 1. The monoisotopic (exact) mass is 305 g/mol. The van der Waals surface area contributed by atoms with Crippen molar-refractivity contribution in [1.82, 2.24) is 4.73 Å². The van der Waals surface area contributed by atoms with Gasteiger partial charge in [0.2, 0.25) is 11.8 Å². The highest BCUT2D eigenvalue weighted by atomic mass is 19.1. The number of halogens is 1. The summed E-state index contributed by atoms with van der Waals surface area (Å²) in [6, 6.07) is 7.57. The molecule has 1 atom stereocenters. The van der Waals surface area contributed by atoms with E-state index in [2.05, 4.69) is 5.18 Å². The van der Waals surface area contributed by atoms with E-state index >= 15 is 0 Å².